The molecule has 7 nitrogen and oxygen atoms in total. The second kappa shape index (κ2) is 10.8. The molecule has 216 valence electrons. The summed E-state index contributed by atoms with van der Waals surface area (Å²) in [5, 5.41) is 0.627. The fraction of sp³-hybridized carbons (Fsp3) is 0.265. The van der Waals surface area contributed by atoms with Crippen molar-refractivity contribution >= 4 is 72.0 Å². The SMILES string of the molecule is Cc1ccc2nc(-c3ccc(N4C(=O)C5C6CC(C(Br)C6Br)C5C4=O)cc3)cc(C(=O)OCC(=O)c3ccccc3)c2c1. The van der Waals surface area contributed by atoms with Crippen LogP contribution in [0.4, 0.5) is 5.69 Å². The minimum absolute atomic E-state index is 0.131. The molecule has 2 bridgehead atoms. The van der Waals surface area contributed by atoms with Crippen LogP contribution in [0.3, 0.4) is 0 Å². The lowest BCUT2D eigenvalue weighted by atomic mass is 9.81. The summed E-state index contributed by atoms with van der Waals surface area (Å²) in [5.74, 6) is -1.46. The Balaban J connectivity index is 1.17. The molecule has 2 saturated carbocycles. The number of alkyl halides is 2. The molecule has 43 heavy (non-hydrogen) atoms. The molecular weight excluding hydrogens is 676 g/mol. The summed E-state index contributed by atoms with van der Waals surface area (Å²) in [7, 11) is 0. The number of benzene rings is 3. The van der Waals surface area contributed by atoms with Gasteiger partial charge in [-0.15, -0.1) is 0 Å². The number of hydrogen-bond donors (Lipinski definition) is 0. The molecule has 3 fully saturated rings. The number of pyridine rings is 1. The van der Waals surface area contributed by atoms with Crippen LogP contribution in [-0.4, -0.2) is 44.8 Å². The van der Waals surface area contributed by atoms with Crippen molar-refractivity contribution in [1.82, 2.24) is 4.98 Å². The van der Waals surface area contributed by atoms with Crippen molar-refractivity contribution in [2.45, 2.75) is 23.0 Å². The molecule has 2 heterocycles. The zero-order valence-corrected chi connectivity index (χ0v) is 26.2. The van der Waals surface area contributed by atoms with Crippen LogP contribution in [-0.2, 0) is 14.3 Å². The summed E-state index contributed by atoms with van der Waals surface area (Å²) >= 11 is 7.47. The van der Waals surface area contributed by atoms with Gasteiger partial charge >= 0.3 is 5.97 Å². The zero-order valence-electron chi connectivity index (χ0n) is 23.1. The van der Waals surface area contributed by atoms with Gasteiger partial charge in [-0.3, -0.25) is 19.3 Å². The van der Waals surface area contributed by atoms with E-state index in [1.165, 1.54) is 4.90 Å². The number of fused-ring (bicyclic) bond motifs is 6. The fourth-order valence-electron chi connectivity index (χ4n) is 6.96. The van der Waals surface area contributed by atoms with E-state index in [-0.39, 0.29) is 57.5 Å². The summed E-state index contributed by atoms with van der Waals surface area (Å²) in [6, 6.07) is 23.1. The number of ketones is 1. The molecule has 0 N–H and O–H groups in total. The van der Waals surface area contributed by atoms with Gasteiger partial charge in [0.1, 0.15) is 0 Å². The molecule has 9 heteroatoms. The van der Waals surface area contributed by atoms with Gasteiger partial charge in [-0.2, -0.15) is 0 Å². The number of esters is 1. The van der Waals surface area contributed by atoms with E-state index < -0.39 is 5.97 Å². The van der Waals surface area contributed by atoms with Crippen LogP contribution in [0.2, 0.25) is 0 Å². The standard InChI is InChI=1S/C34H26Br2N2O5/c1-17-7-12-25-21(13-17)22(34(42)43-16-27(39)19-5-3-2-4-6-19)15-26(37-25)18-8-10-20(11-9-18)38-32(40)28-23-14-24(29(28)33(38)41)31(36)30(23)35/h2-13,15,23-24,28-31H,14,16H2,1H3. The molecule has 3 aromatic carbocycles. The van der Waals surface area contributed by atoms with E-state index in [1.807, 2.05) is 31.2 Å². The van der Waals surface area contributed by atoms with Gasteiger partial charge in [0.15, 0.2) is 12.4 Å². The Hall–Kier alpha value is -3.69. The Morgan fingerprint density at radius 2 is 1.53 bits per heavy atom. The summed E-state index contributed by atoms with van der Waals surface area (Å²) in [4.78, 5) is 59.3. The minimum atomic E-state index is -0.621. The van der Waals surface area contributed by atoms with Gasteiger partial charge in [0.2, 0.25) is 11.8 Å². The maximum atomic E-state index is 13.5. The van der Waals surface area contributed by atoms with Crippen molar-refractivity contribution in [2.24, 2.45) is 23.7 Å². The Kier molecular flexibility index (Phi) is 7.05. The highest BCUT2D eigenvalue weighted by molar-refractivity contribution is 9.12. The minimum Gasteiger partial charge on any atom is -0.454 e. The first-order chi connectivity index (χ1) is 20.7. The van der Waals surface area contributed by atoms with Crippen LogP contribution in [0, 0.1) is 30.6 Å². The normalized spacial score (nSPS) is 25.8. The number of hydrogen-bond acceptors (Lipinski definition) is 6. The van der Waals surface area contributed by atoms with Crippen molar-refractivity contribution in [1.29, 1.82) is 0 Å². The van der Waals surface area contributed by atoms with E-state index in [1.54, 1.807) is 54.6 Å². The van der Waals surface area contributed by atoms with E-state index in [0.29, 0.717) is 39.0 Å². The number of amides is 2. The fourth-order valence-corrected chi connectivity index (χ4v) is 8.83. The van der Waals surface area contributed by atoms with Gasteiger partial charge < -0.3 is 4.74 Å². The quantitative estimate of drug-likeness (QED) is 0.0983. The topological polar surface area (TPSA) is 93.6 Å². The molecule has 1 aliphatic heterocycles. The molecule has 2 amide bonds. The molecule has 0 radical (unpaired) electrons. The Morgan fingerprint density at radius 1 is 0.884 bits per heavy atom. The monoisotopic (exact) mass is 700 g/mol. The number of carbonyl (C=O) groups excluding carboxylic acids is 4. The number of nitrogens with zero attached hydrogens (tertiary/aromatic N) is 2. The molecule has 3 aliphatic rings. The number of ether oxygens (including phenoxy) is 1. The summed E-state index contributed by atoms with van der Waals surface area (Å²) in [5.41, 5.74) is 4.10. The lowest BCUT2D eigenvalue weighted by Crippen LogP contribution is -2.37. The highest BCUT2D eigenvalue weighted by Gasteiger charge is 2.66. The van der Waals surface area contributed by atoms with Gasteiger partial charge in [-0.05, 0) is 55.5 Å². The Labute approximate surface area is 264 Å². The predicted molar refractivity (Wildman–Crippen MR) is 169 cm³/mol. The molecule has 2 aliphatic carbocycles. The number of halogens is 2. The maximum Gasteiger partial charge on any atom is 0.339 e. The average Bonchev–Trinajstić information content (AvgIpc) is 3.64. The third-order valence-electron chi connectivity index (χ3n) is 9.02. The third kappa shape index (κ3) is 4.64. The van der Waals surface area contributed by atoms with E-state index in [2.05, 4.69) is 31.9 Å². The Morgan fingerprint density at radius 3 is 2.19 bits per heavy atom. The molecule has 1 aromatic heterocycles. The first-order valence-electron chi connectivity index (χ1n) is 14.2. The second-order valence-electron chi connectivity index (χ2n) is 11.5. The van der Waals surface area contributed by atoms with Crippen molar-refractivity contribution in [3.8, 4) is 11.3 Å². The van der Waals surface area contributed by atoms with Crippen LogP contribution in [0.15, 0.2) is 78.9 Å². The van der Waals surface area contributed by atoms with Gasteiger partial charge in [0.25, 0.3) is 0 Å². The lowest BCUT2D eigenvalue weighted by molar-refractivity contribution is -0.123. The van der Waals surface area contributed by atoms with Crippen LogP contribution < -0.4 is 4.90 Å². The maximum absolute atomic E-state index is 13.5. The summed E-state index contributed by atoms with van der Waals surface area (Å²) < 4.78 is 5.46. The second-order valence-corrected chi connectivity index (χ2v) is 13.6. The van der Waals surface area contributed by atoms with Crippen molar-refractivity contribution < 1.29 is 23.9 Å². The molecule has 6 unspecified atom stereocenters. The van der Waals surface area contributed by atoms with Crippen molar-refractivity contribution in [3.63, 3.8) is 0 Å². The van der Waals surface area contributed by atoms with Gasteiger partial charge in [-0.1, -0.05) is 86.0 Å². The number of Topliss-reactive ketones (excluding diaryl/α,β-unsaturated/α-hetero) is 1. The number of rotatable bonds is 6. The molecular formula is C34H26Br2N2O5. The summed E-state index contributed by atoms with van der Waals surface area (Å²) in [6.45, 7) is 1.55. The van der Waals surface area contributed by atoms with E-state index in [9.17, 15) is 19.2 Å². The number of carbonyl (C=O) groups is 4. The predicted octanol–water partition coefficient (Wildman–Crippen LogP) is 6.53. The van der Waals surface area contributed by atoms with E-state index >= 15 is 0 Å². The van der Waals surface area contributed by atoms with Gasteiger partial charge in [0, 0.05) is 26.2 Å². The molecule has 0 spiro atoms. The summed E-state index contributed by atoms with van der Waals surface area (Å²) in [6.07, 6.45) is 0.879. The van der Waals surface area contributed by atoms with Crippen LogP contribution in [0.5, 0.6) is 0 Å². The van der Waals surface area contributed by atoms with Gasteiger partial charge in [0.05, 0.1) is 34.3 Å². The van der Waals surface area contributed by atoms with Crippen LogP contribution >= 0.6 is 31.9 Å². The molecule has 6 atom stereocenters. The van der Waals surface area contributed by atoms with E-state index in [4.69, 9.17) is 9.72 Å². The molecule has 7 rings (SSSR count). The average molecular weight is 702 g/mol. The molecule has 1 saturated heterocycles. The number of imide groups is 1. The van der Waals surface area contributed by atoms with E-state index in [0.717, 1.165) is 12.0 Å². The van der Waals surface area contributed by atoms with Gasteiger partial charge in [-0.25, -0.2) is 9.78 Å². The van der Waals surface area contributed by atoms with Crippen molar-refractivity contribution in [3.05, 3.63) is 95.6 Å². The number of aryl methyl sites for hydroxylation is 1. The number of aromatic nitrogens is 1. The molecule has 4 aromatic rings. The first kappa shape index (κ1) is 28.1. The smallest absolute Gasteiger partial charge is 0.339 e. The lowest BCUT2D eigenvalue weighted by Gasteiger charge is -2.28. The first-order valence-corrected chi connectivity index (χ1v) is 16.0. The highest BCUT2D eigenvalue weighted by atomic mass is 79.9. The largest absolute Gasteiger partial charge is 0.454 e. The van der Waals surface area contributed by atoms with Crippen LogP contribution in [0.25, 0.3) is 22.2 Å². The third-order valence-corrected chi connectivity index (χ3v) is 12.2. The van der Waals surface area contributed by atoms with Crippen molar-refractivity contribution in [2.75, 3.05) is 11.5 Å². The van der Waals surface area contributed by atoms with Crippen LogP contribution in [0.1, 0.15) is 32.7 Å². The number of anilines is 1. The zero-order chi connectivity index (χ0) is 30.0. The highest BCUT2D eigenvalue weighted by Crippen LogP contribution is 2.60. The Bertz CT molecular complexity index is 1780.